The lowest BCUT2D eigenvalue weighted by molar-refractivity contribution is 0.283. The number of nitrogens with one attached hydrogen (secondary N) is 1. The van der Waals surface area contributed by atoms with Crippen molar-refractivity contribution in [2.75, 3.05) is 25.1 Å². The van der Waals surface area contributed by atoms with Crippen molar-refractivity contribution in [1.82, 2.24) is 4.72 Å². The Morgan fingerprint density at radius 2 is 1.95 bits per heavy atom. The van der Waals surface area contributed by atoms with Crippen molar-refractivity contribution in [3.8, 4) is 0 Å². The van der Waals surface area contributed by atoms with Crippen molar-refractivity contribution < 1.29 is 13.5 Å². The lowest BCUT2D eigenvalue weighted by atomic mass is 10.2. The van der Waals surface area contributed by atoms with Crippen LogP contribution in [0.4, 0.5) is 5.69 Å². The van der Waals surface area contributed by atoms with E-state index < -0.39 is 10.0 Å². The molecule has 1 fully saturated rings. The molecule has 6 heteroatoms. The topological polar surface area (TPSA) is 69.6 Å². The van der Waals surface area contributed by atoms with Gasteiger partial charge in [0.2, 0.25) is 10.0 Å². The Labute approximate surface area is 127 Å². The van der Waals surface area contributed by atoms with Crippen LogP contribution in [-0.4, -0.2) is 39.8 Å². The highest BCUT2D eigenvalue weighted by molar-refractivity contribution is 7.89. The monoisotopic (exact) mass is 312 g/mol. The third-order valence-corrected chi connectivity index (χ3v) is 5.18. The predicted molar refractivity (Wildman–Crippen MR) is 84.0 cm³/mol. The van der Waals surface area contributed by atoms with Crippen LogP contribution >= 0.6 is 0 Å². The van der Waals surface area contributed by atoms with Crippen LogP contribution < -0.4 is 9.62 Å². The Bertz CT molecular complexity index is 556. The van der Waals surface area contributed by atoms with Crippen molar-refractivity contribution in [3.05, 3.63) is 24.3 Å². The molecule has 0 unspecified atom stereocenters. The summed E-state index contributed by atoms with van der Waals surface area (Å²) in [5, 5.41) is 8.79. The van der Waals surface area contributed by atoms with E-state index in [-0.39, 0.29) is 12.6 Å². The molecule has 1 aliphatic rings. The van der Waals surface area contributed by atoms with Gasteiger partial charge in [-0.25, -0.2) is 13.1 Å². The van der Waals surface area contributed by atoms with E-state index in [1.807, 2.05) is 24.1 Å². The van der Waals surface area contributed by atoms with Gasteiger partial charge < -0.3 is 10.0 Å². The van der Waals surface area contributed by atoms with Crippen LogP contribution in [0, 0.1) is 0 Å². The second-order valence-electron chi connectivity index (χ2n) is 5.57. The Hall–Kier alpha value is -1.11. The SMILES string of the molecule is CN(CCCCCO)c1ccccc1S(=O)(=O)NC1CC1. The van der Waals surface area contributed by atoms with Crippen LogP contribution in [0.5, 0.6) is 0 Å². The zero-order valence-electron chi connectivity index (χ0n) is 12.5. The lowest BCUT2D eigenvalue weighted by Crippen LogP contribution is -2.28. The Morgan fingerprint density at radius 3 is 2.62 bits per heavy atom. The molecule has 0 aliphatic heterocycles. The van der Waals surface area contributed by atoms with Crippen molar-refractivity contribution in [2.45, 2.75) is 43.0 Å². The molecule has 0 bridgehead atoms. The molecule has 0 saturated heterocycles. The molecule has 0 spiro atoms. The highest BCUT2D eigenvalue weighted by Crippen LogP contribution is 2.27. The number of unbranched alkanes of at least 4 members (excludes halogenated alkanes) is 2. The first kappa shape index (κ1) is 16.3. The molecule has 0 radical (unpaired) electrons. The van der Waals surface area contributed by atoms with Gasteiger partial charge in [-0.2, -0.15) is 0 Å². The van der Waals surface area contributed by atoms with E-state index in [0.29, 0.717) is 4.90 Å². The van der Waals surface area contributed by atoms with Crippen LogP contribution in [0.1, 0.15) is 32.1 Å². The third kappa shape index (κ3) is 4.69. The molecule has 5 nitrogen and oxygen atoms in total. The fraction of sp³-hybridized carbons (Fsp3) is 0.600. The summed E-state index contributed by atoms with van der Waals surface area (Å²) in [6.45, 7) is 0.982. The van der Waals surface area contributed by atoms with Crippen molar-refractivity contribution >= 4 is 15.7 Å². The van der Waals surface area contributed by atoms with Crippen LogP contribution in [-0.2, 0) is 10.0 Å². The average molecular weight is 312 g/mol. The minimum atomic E-state index is -3.44. The Kier molecular flexibility index (Phi) is 5.61. The first-order valence-corrected chi connectivity index (χ1v) is 8.96. The average Bonchev–Trinajstić information content (AvgIpc) is 3.26. The van der Waals surface area contributed by atoms with E-state index >= 15 is 0 Å². The number of sulfonamides is 1. The van der Waals surface area contributed by atoms with Gasteiger partial charge in [0.1, 0.15) is 4.90 Å². The third-order valence-electron chi connectivity index (χ3n) is 3.62. The summed E-state index contributed by atoms with van der Waals surface area (Å²) >= 11 is 0. The Morgan fingerprint density at radius 1 is 1.24 bits per heavy atom. The minimum absolute atomic E-state index is 0.109. The quantitative estimate of drug-likeness (QED) is 0.681. The van der Waals surface area contributed by atoms with Crippen LogP contribution in [0.15, 0.2) is 29.2 Å². The van der Waals surface area contributed by atoms with E-state index in [9.17, 15) is 8.42 Å². The van der Waals surface area contributed by atoms with Crippen molar-refractivity contribution in [2.24, 2.45) is 0 Å². The van der Waals surface area contributed by atoms with Crippen molar-refractivity contribution in [3.63, 3.8) is 0 Å². The first-order chi connectivity index (χ1) is 10.0. The van der Waals surface area contributed by atoms with Gasteiger partial charge in [0, 0.05) is 26.2 Å². The molecule has 118 valence electrons. The maximum absolute atomic E-state index is 12.4. The molecule has 1 aromatic carbocycles. The lowest BCUT2D eigenvalue weighted by Gasteiger charge is -2.22. The Balaban J connectivity index is 2.08. The molecule has 1 saturated carbocycles. The number of aliphatic hydroxyl groups excluding tert-OH is 1. The maximum Gasteiger partial charge on any atom is 0.242 e. The smallest absolute Gasteiger partial charge is 0.242 e. The van der Waals surface area contributed by atoms with Gasteiger partial charge in [-0.1, -0.05) is 12.1 Å². The number of nitrogens with zero attached hydrogens (tertiary/aromatic N) is 1. The van der Waals surface area contributed by atoms with Gasteiger partial charge in [0.15, 0.2) is 0 Å². The van der Waals surface area contributed by atoms with Gasteiger partial charge >= 0.3 is 0 Å². The summed E-state index contributed by atoms with van der Waals surface area (Å²) in [7, 11) is -1.53. The molecular weight excluding hydrogens is 288 g/mol. The molecule has 0 atom stereocenters. The van der Waals surface area contributed by atoms with Crippen molar-refractivity contribution in [1.29, 1.82) is 0 Å². The van der Waals surface area contributed by atoms with E-state index in [4.69, 9.17) is 5.11 Å². The fourth-order valence-electron chi connectivity index (χ4n) is 2.24. The van der Waals surface area contributed by atoms with Crippen LogP contribution in [0.3, 0.4) is 0 Å². The number of para-hydroxylation sites is 1. The molecule has 1 aromatic rings. The number of rotatable bonds is 9. The van der Waals surface area contributed by atoms with Gasteiger partial charge in [-0.15, -0.1) is 0 Å². The summed E-state index contributed by atoms with van der Waals surface area (Å²) in [5.74, 6) is 0. The van der Waals surface area contributed by atoms with Crippen LogP contribution in [0.25, 0.3) is 0 Å². The predicted octanol–water partition coefficient (Wildman–Crippen LogP) is 1.73. The summed E-state index contributed by atoms with van der Waals surface area (Å²) in [6, 6.07) is 7.22. The molecule has 0 amide bonds. The number of benzene rings is 1. The van der Waals surface area contributed by atoms with E-state index in [1.165, 1.54) is 0 Å². The second-order valence-corrected chi connectivity index (χ2v) is 7.25. The normalized spacial score (nSPS) is 15.1. The largest absolute Gasteiger partial charge is 0.396 e. The summed E-state index contributed by atoms with van der Waals surface area (Å²) in [5.41, 5.74) is 0.731. The van der Waals surface area contributed by atoms with Gasteiger partial charge in [0.25, 0.3) is 0 Å². The summed E-state index contributed by atoms with van der Waals surface area (Å²) in [4.78, 5) is 2.32. The van der Waals surface area contributed by atoms with Gasteiger partial charge in [0.05, 0.1) is 5.69 Å². The summed E-state index contributed by atoms with van der Waals surface area (Å²) in [6.07, 6.45) is 4.52. The first-order valence-electron chi connectivity index (χ1n) is 7.48. The number of anilines is 1. The molecule has 0 heterocycles. The molecule has 21 heavy (non-hydrogen) atoms. The highest BCUT2D eigenvalue weighted by atomic mass is 32.2. The molecule has 2 N–H and O–H groups in total. The fourth-order valence-corrected chi connectivity index (χ4v) is 3.80. The van der Waals surface area contributed by atoms with Gasteiger partial charge in [-0.3, -0.25) is 0 Å². The zero-order valence-corrected chi connectivity index (χ0v) is 13.3. The second kappa shape index (κ2) is 7.24. The van der Waals surface area contributed by atoms with Crippen LogP contribution in [0.2, 0.25) is 0 Å². The highest BCUT2D eigenvalue weighted by Gasteiger charge is 2.29. The molecule has 0 aromatic heterocycles. The maximum atomic E-state index is 12.4. The van der Waals surface area contributed by atoms with E-state index in [0.717, 1.165) is 44.3 Å². The number of hydrogen-bond donors (Lipinski definition) is 2. The molecular formula is C15H24N2O3S. The standard InChI is InChI=1S/C15H24N2O3S/c1-17(11-5-2-6-12-18)14-7-3-4-8-15(14)21(19,20)16-13-9-10-13/h3-4,7-8,13,16,18H,2,5-6,9-12H2,1H3. The van der Waals surface area contributed by atoms with E-state index in [1.54, 1.807) is 12.1 Å². The molecule has 2 rings (SSSR count). The van der Waals surface area contributed by atoms with E-state index in [2.05, 4.69) is 4.72 Å². The minimum Gasteiger partial charge on any atom is -0.396 e. The van der Waals surface area contributed by atoms with Gasteiger partial charge in [-0.05, 0) is 44.2 Å². The summed E-state index contributed by atoms with van der Waals surface area (Å²) < 4.78 is 27.6. The zero-order chi connectivity index (χ0) is 15.3. The number of hydrogen-bond acceptors (Lipinski definition) is 4. The number of aliphatic hydroxyl groups is 1. The molecule has 1 aliphatic carbocycles.